The quantitative estimate of drug-likeness (QED) is 0.0464. The third-order valence-electron chi connectivity index (χ3n) is 18.6. The van der Waals surface area contributed by atoms with Gasteiger partial charge < -0.3 is 53.9 Å². The maximum atomic E-state index is 17.8. The molecule has 6 heterocycles. The van der Waals surface area contributed by atoms with Gasteiger partial charge in [-0.25, -0.2) is 41.5 Å². The highest BCUT2D eigenvalue weighted by Crippen LogP contribution is 2.51. The number of rotatable bonds is 18. The average Bonchev–Trinajstić information content (AvgIpc) is 1.55. The second-order valence-electron chi connectivity index (χ2n) is 26.8. The molecule has 4 aromatic carbocycles. The van der Waals surface area contributed by atoms with Gasteiger partial charge in [0.05, 0.1) is 77.4 Å². The summed E-state index contributed by atoms with van der Waals surface area (Å²) in [6, 6.07) is 8.19. The topological polar surface area (TPSA) is 221 Å². The lowest BCUT2D eigenvalue weighted by Gasteiger charge is -2.36. The van der Waals surface area contributed by atoms with Crippen LogP contribution in [0.25, 0.3) is 22.1 Å². The lowest BCUT2D eigenvalue weighted by Crippen LogP contribution is -2.54. The molecule has 0 radical (unpaired) electrons. The van der Waals surface area contributed by atoms with Gasteiger partial charge in [-0.15, -0.1) is 0 Å². The number of ether oxygens (including phenoxy) is 5. The van der Waals surface area contributed by atoms with E-state index in [4.69, 9.17) is 33.7 Å². The van der Waals surface area contributed by atoms with Gasteiger partial charge in [0.1, 0.15) is 46.9 Å². The van der Waals surface area contributed by atoms with E-state index in [0.717, 1.165) is 17.7 Å². The second kappa shape index (κ2) is 27.8. The summed E-state index contributed by atoms with van der Waals surface area (Å²) in [6.45, 7) is 13.6. The van der Waals surface area contributed by atoms with E-state index in [2.05, 4.69) is 10.6 Å². The number of hydrogen-bond donors (Lipinski definition) is 2. The molecule has 4 aliphatic heterocycles. The van der Waals surface area contributed by atoms with Crippen LogP contribution in [0.3, 0.4) is 0 Å². The molecule has 26 heteroatoms. The monoisotopic (exact) mass is 1310 g/mol. The number of likely N-dealkylation sites (tertiary alicyclic amines) is 2. The van der Waals surface area contributed by atoms with Crippen LogP contribution in [0.2, 0.25) is 0 Å². The van der Waals surface area contributed by atoms with Crippen molar-refractivity contribution < 1.29 is 74.4 Å². The molecule has 0 unspecified atom stereocenters. The minimum Gasteiger partial charge on any atom is -0.453 e. The van der Waals surface area contributed by atoms with Crippen molar-refractivity contribution in [1.82, 2.24) is 39.5 Å². The highest BCUT2D eigenvalue weighted by atomic mass is 19.1. The molecule has 0 spiro atoms. The molecule has 21 nitrogen and oxygen atoms in total. The minimum absolute atomic E-state index is 0.0186. The molecule has 94 heavy (non-hydrogen) atoms. The van der Waals surface area contributed by atoms with Gasteiger partial charge in [0.25, 0.3) is 0 Å². The van der Waals surface area contributed by atoms with Gasteiger partial charge in [0.15, 0.2) is 25.1 Å². The highest BCUT2D eigenvalue weighted by molar-refractivity contribution is 5.88. The van der Waals surface area contributed by atoms with Gasteiger partial charge in [-0.05, 0) is 154 Å². The Hall–Kier alpha value is -8.55. The molecule has 506 valence electrons. The summed E-state index contributed by atoms with van der Waals surface area (Å²) in [7, 11) is 3.75. The van der Waals surface area contributed by atoms with Crippen molar-refractivity contribution >= 4 is 69.4 Å². The Morgan fingerprint density at radius 3 is 1.50 bits per heavy atom. The third-order valence-corrected chi connectivity index (χ3v) is 18.6. The number of carbonyl (C=O) groups is 6. The normalized spacial score (nSPS) is 19.8. The molecule has 2 aromatic heterocycles. The van der Waals surface area contributed by atoms with Crippen molar-refractivity contribution in [3.63, 3.8) is 0 Å². The molecule has 6 aromatic rings. The number of halogens is 5. The smallest absolute Gasteiger partial charge is 0.407 e. The fraction of sp³-hybridized carbons (Fsp3) is 0.529. The Morgan fingerprint density at radius 2 is 1.05 bits per heavy atom. The first-order valence-electron chi connectivity index (χ1n) is 32.0. The molecule has 0 bridgehead atoms. The van der Waals surface area contributed by atoms with E-state index in [1.165, 1.54) is 67.2 Å². The van der Waals surface area contributed by atoms with Gasteiger partial charge >= 0.3 is 24.1 Å². The Morgan fingerprint density at radius 1 is 0.585 bits per heavy atom. The van der Waals surface area contributed by atoms with Crippen molar-refractivity contribution in [2.24, 2.45) is 10.8 Å². The number of imidazole rings is 2. The van der Waals surface area contributed by atoms with Crippen molar-refractivity contribution in [2.45, 2.75) is 175 Å². The summed E-state index contributed by atoms with van der Waals surface area (Å²) < 4.78 is 114. The second-order valence-corrected chi connectivity index (χ2v) is 26.8. The Balaban J connectivity index is 1.09. The zero-order chi connectivity index (χ0) is 67.8. The number of carbonyl (C=O) groups excluding carboxylic acids is 6. The molecule has 4 saturated heterocycles. The van der Waals surface area contributed by atoms with Crippen LogP contribution < -0.4 is 20.4 Å². The van der Waals surface area contributed by atoms with E-state index in [-0.39, 0.29) is 113 Å². The number of esters is 2. The van der Waals surface area contributed by atoms with E-state index in [1.54, 1.807) is 86.8 Å². The third kappa shape index (κ3) is 13.8. The Labute approximate surface area is 542 Å². The molecule has 0 aliphatic carbocycles. The number of piperidine rings is 1. The largest absolute Gasteiger partial charge is 0.453 e. The molecular formula is C68H83F5N10O11. The van der Waals surface area contributed by atoms with Crippen molar-refractivity contribution in [3.8, 4) is 0 Å². The predicted octanol–water partition coefficient (Wildman–Crippen LogP) is 11.9. The van der Waals surface area contributed by atoms with Crippen molar-refractivity contribution in [2.75, 3.05) is 57.3 Å². The molecule has 4 fully saturated rings. The van der Waals surface area contributed by atoms with Gasteiger partial charge in [-0.3, -0.25) is 28.3 Å². The summed E-state index contributed by atoms with van der Waals surface area (Å²) in [6.07, 6.45) is 0.792. The predicted molar refractivity (Wildman–Crippen MR) is 337 cm³/mol. The van der Waals surface area contributed by atoms with Gasteiger partial charge in [-0.1, -0.05) is 19.1 Å². The zero-order valence-corrected chi connectivity index (χ0v) is 55.0. The standard InChI is InChI=1S/C68H83F5N10O11/c1-12-48(76-65(88)91-10)61(84)79-25-13-15-53(79)59-74-49-31-42(44(70)33-55(49)81(59)35-93-63(86)67(3,4)5)51-21-22-52(83(51)41-29-46(72)58(47(73)30-41)78-27-23-39(24-28-78)38-17-19-40(69)20-18-38)43-32-50-56(34-45(43)71)82(36-94-64(87)68(6,7)8)60(75-50)54-16-14-26-80(54)62(85)57(37(2)90-9)77-66(89)92-11/h17-20,29-34,37,39,48,51-54,57H,12-16,21-28,35-36H2,1-11H3,(H,76,88)(H,77,89)/t37-,48-,51-,52-,53+,54+,57+/m1/s1. The van der Waals surface area contributed by atoms with Gasteiger partial charge in [0.2, 0.25) is 11.8 Å². The molecule has 10 rings (SSSR count). The van der Waals surface area contributed by atoms with Crippen LogP contribution >= 0.6 is 0 Å². The van der Waals surface area contributed by atoms with Gasteiger partial charge in [-0.2, -0.15) is 0 Å². The highest BCUT2D eigenvalue weighted by Gasteiger charge is 2.44. The number of nitrogens with zero attached hydrogens (tertiary/aromatic N) is 8. The van der Waals surface area contributed by atoms with Crippen molar-refractivity contribution in [1.29, 1.82) is 0 Å². The molecule has 4 amide bonds. The number of nitrogens with one attached hydrogen (secondary N) is 2. The summed E-state index contributed by atoms with van der Waals surface area (Å²) >= 11 is 0. The molecule has 2 N–H and O–H groups in total. The fourth-order valence-corrected chi connectivity index (χ4v) is 13.5. The van der Waals surface area contributed by atoms with Crippen LogP contribution in [0.4, 0.5) is 42.9 Å². The molecule has 4 aliphatic rings. The van der Waals surface area contributed by atoms with E-state index in [0.29, 0.717) is 38.5 Å². The number of hydrogen-bond acceptors (Lipinski definition) is 15. The van der Waals surface area contributed by atoms with Crippen LogP contribution in [0.15, 0.2) is 60.7 Å². The van der Waals surface area contributed by atoms with Crippen LogP contribution in [0.5, 0.6) is 0 Å². The Bertz CT molecular complexity index is 3820. The number of alkyl carbamates (subject to hydrolysis) is 2. The number of anilines is 2. The van der Waals surface area contributed by atoms with Crippen LogP contribution in [-0.4, -0.2) is 131 Å². The molecular weight excluding hydrogens is 1230 g/mol. The maximum Gasteiger partial charge on any atom is 0.407 e. The first-order valence-corrected chi connectivity index (χ1v) is 32.0. The SMILES string of the molecule is CC[C@@H](NC(=O)OC)C(=O)N1CCC[C@H]1c1nc2cc([C@H]3CC[C@H](c4cc5nc([C@@H]6CCCN6C(=O)[C@@H](NC(=O)OC)[C@@H](C)OC)n(COC(=O)C(C)(C)C)c5cc4F)N3c3cc(F)c(N4CCC(c5ccc(F)cc5)CC4)c(F)c3)c(F)cc2n1COC(=O)C(C)(C)C. The summed E-state index contributed by atoms with van der Waals surface area (Å²) in [5.41, 5.74) is -0.449. The number of amides is 4. The Kier molecular flexibility index (Phi) is 20.2. The molecule has 7 atom stereocenters. The average molecular weight is 1310 g/mol. The van der Waals surface area contributed by atoms with E-state index in [1.807, 2.05) is 0 Å². The summed E-state index contributed by atoms with van der Waals surface area (Å²) in [5.74, 6) is -5.35. The van der Waals surface area contributed by atoms with Crippen LogP contribution in [0, 0.1) is 39.9 Å². The van der Waals surface area contributed by atoms with Crippen LogP contribution in [-0.2, 0) is 56.3 Å². The number of aromatic nitrogens is 4. The lowest BCUT2D eigenvalue weighted by molar-refractivity contribution is -0.157. The number of benzene rings is 4. The minimum atomic E-state index is -1.20. The summed E-state index contributed by atoms with van der Waals surface area (Å²) in [5, 5.41) is 5.18. The van der Waals surface area contributed by atoms with E-state index < -0.39 is 126 Å². The summed E-state index contributed by atoms with van der Waals surface area (Å²) in [4.78, 5) is 97.1. The zero-order valence-electron chi connectivity index (χ0n) is 55.0. The van der Waals surface area contributed by atoms with E-state index >= 15 is 17.6 Å². The number of methoxy groups -OCH3 is 3. The maximum absolute atomic E-state index is 17.8. The fourth-order valence-electron chi connectivity index (χ4n) is 13.5. The van der Waals surface area contributed by atoms with Gasteiger partial charge in [0, 0.05) is 62.2 Å². The number of fused-ring (bicyclic) bond motifs is 2. The van der Waals surface area contributed by atoms with E-state index in [9.17, 15) is 33.2 Å². The first kappa shape index (κ1) is 68.3. The van der Waals surface area contributed by atoms with Crippen molar-refractivity contribution in [3.05, 3.63) is 118 Å². The lowest BCUT2D eigenvalue weighted by atomic mass is 9.89. The molecule has 0 saturated carbocycles. The first-order chi connectivity index (χ1) is 44.6. The van der Waals surface area contributed by atoms with Crippen LogP contribution in [0.1, 0.15) is 172 Å².